The van der Waals surface area contributed by atoms with E-state index >= 15 is 0 Å². The van der Waals surface area contributed by atoms with E-state index in [2.05, 4.69) is 20.6 Å². The van der Waals surface area contributed by atoms with E-state index in [0.717, 1.165) is 22.5 Å². The predicted molar refractivity (Wildman–Crippen MR) is 81.5 cm³/mol. The van der Waals surface area contributed by atoms with Gasteiger partial charge >= 0.3 is 5.97 Å². The minimum absolute atomic E-state index is 0.260. The number of esters is 1. The first kappa shape index (κ1) is 15.3. The molecule has 1 fully saturated rings. The Bertz CT molecular complexity index is 729. The van der Waals surface area contributed by atoms with Gasteiger partial charge in [-0.15, -0.1) is 0 Å². The van der Waals surface area contributed by atoms with Gasteiger partial charge in [0, 0.05) is 29.4 Å². The van der Waals surface area contributed by atoms with Gasteiger partial charge in [-0.05, 0) is 20.8 Å². The number of aryl methyl sites for hydroxylation is 2. The molecule has 2 aromatic rings. The van der Waals surface area contributed by atoms with Crippen molar-refractivity contribution in [3.63, 3.8) is 0 Å². The molecule has 2 aromatic heterocycles. The van der Waals surface area contributed by atoms with Crippen LogP contribution in [-0.2, 0) is 14.3 Å². The lowest BCUT2D eigenvalue weighted by Gasteiger charge is -2.14. The molecule has 2 N–H and O–H groups in total. The van der Waals surface area contributed by atoms with Gasteiger partial charge in [0.15, 0.2) is 0 Å². The van der Waals surface area contributed by atoms with Crippen molar-refractivity contribution in [1.82, 2.24) is 25.3 Å². The second-order valence-corrected chi connectivity index (χ2v) is 5.71. The molecule has 8 heteroatoms. The first-order chi connectivity index (χ1) is 11.0. The van der Waals surface area contributed by atoms with Gasteiger partial charge in [0.2, 0.25) is 5.91 Å². The van der Waals surface area contributed by atoms with Crippen molar-refractivity contribution >= 4 is 11.9 Å². The quantitative estimate of drug-likeness (QED) is 0.815. The molecule has 8 nitrogen and oxygen atoms in total. The zero-order valence-electron chi connectivity index (χ0n) is 13.3. The van der Waals surface area contributed by atoms with Crippen molar-refractivity contribution in [2.75, 3.05) is 6.61 Å². The van der Waals surface area contributed by atoms with Gasteiger partial charge in [0.05, 0.1) is 18.5 Å². The zero-order valence-corrected chi connectivity index (χ0v) is 13.3. The van der Waals surface area contributed by atoms with Crippen LogP contribution in [0.3, 0.4) is 0 Å². The molecule has 23 heavy (non-hydrogen) atoms. The lowest BCUT2D eigenvalue weighted by Crippen LogP contribution is -2.41. The molecule has 0 unspecified atom stereocenters. The Morgan fingerprint density at radius 1 is 1.52 bits per heavy atom. The Morgan fingerprint density at radius 3 is 2.91 bits per heavy atom. The van der Waals surface area contributed by atoms with Crippen LogP contribution in [0.2, 0.25) is 0 Å². The topological polar surface area (TPSA) is 102 Å². The standard InChI is InChI=1S/C15H19N5O3/c1-8-13(9(2)19-18-8)11-6-16-20(7-11)10(3)14(21)17-12-4-5-23-15(12)22/h6-7,10,12H,4-5H2,1-3H3,(H,17,21)(H,18,19)/t10-,12+/m0/s1. The van der Waals surface area contributed by atoms with Gasteiger partial charge in [-0.3, -0.25) is 14.6 Å². The number of rotatable bonds is 4. The van der Waals surface area contributed by atoms with Crippen molar-refractivity contribution in [3.05, 3.63) is 23.8 Å². The number of cyclic esters (lactones) is 1. The highest BCUT2D eigenvalue weighted by Crippen LogP contribution is 2.25. The third kappa shape index (κ3) is 2.84. The predicted octanol–water partition coefficient (Wildman–Crippen LogP) is 0.883. The van der Waals surface area contributed by atoms with E-state index in [1.165, 1.54) is 0 Å². The van der Waals surface area contributed by atoms with Gasteiger partial charge in [-0.25, -0.2) is 4.79 Å². The average Bonchev–Trinajstić information content (AvgIpc) is 3.21. The lowest BCUT2D eigenvalue weighted by molar-refractivity contribution is -0.141. The SMILES string of the molecule is Cc1n[nH]c(C)c1-c1cnn([C@@H](C)C(=O)N[C@@H]2CCOC2=O)c1. The number of hydrogen-bond donors (Lipinski definition) is 2. The average molecular weight is 317 g/mol. The van der Waals surface area contributed by atoms with Gasteiger partial charge in [-0.2, -0.15) is 10.2 Å². The highest BCUT2D eigenvalue weighted by molar-refractivity contribution is 5.87. The number of nitrogens with one attached hydrogen (secondary N) is 2. The van der Waals surface area contributed by atoms with Crippen molar-refractivity contribution in [2.45, 2.75) is 39.3 Å². The van der Waals surface area contributed by atoms with Crippen LogP contribution in [0.5, 0.6) is 0 Å². The number of H-pyrrole nitrogens is 1. The van der Waals surface area contributed by atoms with Crippen LogP contribution in [0.1, 0.15) is 30.8 Å². The van der Waals surface area contributed by atoms with Gasteiger partial charge in [0.25, 0.3) is 0 Å². The lowest BCUT2D eigenvalue weighted by atomic mass is 10.1. The van der Waals surface area contributed by atoms with Crippen LogP contribution >= 0.6 is 0 Å². The summed E-state index contributed by atoms with van der Waals surface area (Å²) in [6, 6.07) is -1.08. The first-order valence-corrected chi connectivity index (χ1v) is 7.50. The number of nitrogens with zero attached hydrogens (tertiary/aromatic N) is 3. The number of aromatic amines is 1. The van der Waals surface area contributed by atoms with Crippen molar-refractivity contribution < 1.29 is 14.3 Å². The molecule has 122 valence electrons. The van der Waals surface area contributed by atoms with Crippen LogP contribution in [0, 0.1) is 13.8 Å². The van der Waals surface area contributed by atoms with Crippen molar-refractivity contribution in [1.29, 1.82) is 0 Å². The fraction of sp³-hybridized carbons (Fsp3) is 0.467. The van der Waals surface area contributed by atoms with Gasteiger partial charge in [0.1, 0.15) is 12.1 Å². The summed E-state index contributed by atoms with van der Waals surface area (Å²) in [5.41, 5.74) is 3.72. The van der Waals surface area contributed by atoms with Gasteiger partial charge in [-0.1, -0.05) is 0 Å². The number of amides is 1. The van der Waals surface area contributed by atoms with Crippen LogP contribution in [0.15, 0.2) is 12.4 Å². The van der Waals surface area contributed by atoms with Crippen LogP contribution < -0.4 is 5.32 Å². The normalized spacial score (nSPS) is 18.7. The molecule has 1 aliphatic heterocycles. The fourth-order valence-electron chi connectivity index (χ4n) is 2.69. The third-order valence-electron chi connectivity index (χ3n) is 4.05. The highest BCUT2D eigenvalue weighted by Gasteiger charge is 2.30. The summed E-state index contributed by atoms with van der Waals surface area (Å²) >= 11 is 0. The van der Waals surface area contributed by atoms with E-state index < -0.39 is 12.1 Å². The molecule has 2 atom stereocenters. The molecule has 0 spiro atoms. The summed E-state index contributed by atoms with van der Waals surface area (Å²) < 4.78 is 6.42. The van der Waals surface area contributed by atoms with E-state index in [1.54, 1.807) is 17.8 Å². The summed E-state index contributed by atoms with van der Waals surface area (Å²) in [6.07, 6.45) is 4.02. The molecule has 0 bridgehead atoms. The summed E-state index contributed by atoms with van der Waals surface area (Å²) in [4.78, 5) is 23.7. The molecule has 0 radical (unpaired) electrons. The molecular formula is C15H19N5O3. The minimum atomic E-state index is -0.557. The van der Waals surface area contributed by atoms with Crippen molar-refractivity contribution in [2.24, 2.45) is 0 Å². The van der Waals surface area contributed by atoms with Crippen LogP contribution in [0.25, 0.3) is 11.1 Å². The highest BCUT2D eigenvalue weighted by atomic mass is 16.5. The molecule has 3 heterocycles. The maximum atomic E-state index is 12.3. The number of carbonyl (C=O) groups excluding carboxylic acids is 2. The summed E-state index contributed by atoms with van der Waals surface area (Å²) in [6.45, 7) is 5.94. The number of aromatic nitrogens is 4. The van der Waals surface area contributed by atoms with Crippen LogP contribution in [-0.4, -0.2) is 44.5 Å². The number of carbonyl (C=O) groups is 2. The maximum Gasteiger partial charge on any atom is 0.328 e. The largest absolute Gasteiger partial charge is 0.464 e. The van der Waals surface area contributed by atoms with Crippen LogP contribution in [0.4, 0.5) is 0 Å². The molecule has 0 aromatic carbocycles. The summed E-state index contributed by atoms with van der Waals surface area (Å²) in [7, 11) is 0. The fourth-order valence-corrected chi connectivity index (χ4v) is 2.69. The van der Waals surface area contributed by atoms with Gasteiger partial charge < -0.3 is 10.1 Å². The molecule has 3 rings (SSSR count). The number of hydrogen-bond acceptors (Lipinski definition) is 5. The molecule has 1 saturated heterocycles. The third-order valence-corrected chi connectivity index (χ3v) is 4.05. The second kappa shape index (κ2) is 5.86. The molecule has 1 aliphatic rings. The summed E-state index contributed by atoms with van der Waals surface area (Å²) in [5.74, 6) is -0.638. The van der Waals surface area contributed by atoms with E-state index in [1.807, 2.05) is 20.0 Å². The Hall–Kier alpha value is -2.64. The second-order valence-electron chi connectivity index (χ2n) is 5.71. The zero-order chi connectivity index (χ0) is 16.6. The Balaban J connectivity index is 1.74. The van der Waals surface area contributed by atoms with Crippen molar-refractivity contribution in [3.8, 4) is 11.1 Å². The molecule has 0 aliphatic carbocycles. The van der Waals surface area contributed by atoms with E-state index in [-0.39, 0.29) is 11.9 Å². The van der Waals surface area contributed by atoms with E-state index in [4.69, 9.17) is 4.74 Å². The Morgan fingerprint density at radius 2 is 2.30 bits per heavy atom. The smallest absolute Gasteiger partial charge is 0.328 e. The minimum Gasteiger partial charge on any atom is -0.464 e. The van der Waals surface area contributed by atoms with E-state index in [0.29, 0.717) is 13.0 Å². The van der Waals surface area contributed by atoms with E-state index in [9.17, 15) is 9.59 Å². The molecule has 0 saturated carbocycles. The Labute approximate surface area is 133 Å². The first-order valence-electron chi connectivity index (χ1n) is 7.50. The monoisotopic (exact) mass is 317 g/mol. The molecular weight excluding hydrogens is 298 g/mol. The molecule has 1 amide bonds. The maximum absolute atomic E-state index is 12.3. The Kier molecular flexibility index (Phi) is 3.89. The summed E-state index contributed by atoms with van der Waals surface area (Å²) in [5, 5.41) is 14.1. The number of ether oxygens (including phenoxy) is 1.